The highest BCUT2D eigenvalue weighted by molar-refractivity contribution is 9.10. The molecule has 0 spiro atoms. The summed E-state index contributed by atoms with van der Waals surface area (Å²) in [6.45, 7) is 8.90. The molecule has 0 bridgehead atoms. The number of aromatic nitrogens is 5. The van der Waals surface area contributed by atoms with Gasteiger partial charge in [-0.2, -0.15) is 0 Å². The van der Waals surface area contributed by atoms with E-state index in [2.05, 4.69) is 36.2 Å². The van der Waals surface area contributed by atoms with Crippen LogP contribution in [0, 0.1) is 13.8 Å². The van der Waals surface area contributed by atoms with Crippen LogP contribution in [-0.4, -0.2) is 61.1 Å². The van der Waals surface area contributed by atoms with Crippen molar-refractivity contribution in [2.24, 2.45) is 0 Å². The Balaban J connectivity index is 1.68. The number of benzene rings is 1. The van der Waals surface area contributed by atoms with E-state index in [4.69, 9.17) is 4.74 Å². The molecule has 1 aromatic carbocycles. The van der Waals surface area contributed by atoms with Crippen molar-refractivity contribution in [3.63, 3.8) is 0 Å². The lowest BCUT2D eigenvalue weighted by molar-refractivity contribution is -0.0587. The normalized spacial score (nSPS) is 18.7. The summed E-state index contributed by atoms with van der Waals surface area (Å²) in [6, 6.07) is 9.69. The number of carbonyl (C=O) groups is 1. The average molecular weight is 517 g/mol. The summed E-state index contributed by atoms with van der Waals surface area (Å²) in [7, 11) is 0. The third-order valence-corrected chi connectivity index (χ3v) is 6.43. The van der Waals surface area contributed by atoms with Crippen LogP contribution in [0.15, 0.2) is 40.0 Å². The smallest absolute Gasteiger partial charge is 0.276 e. The van der Waals surface area contributed by atoms with Gasteiger partial charge >= 0.3 is 0 Å². The molecule has 1 aliphatic heterocycles. The third kappa shape index (κ3) is 5.19. The van der Waals surface area contributed by atoms with Crippen molar-refractivity contribution < 1.29 is 9.53 Å². The fourth-order valence-electron chi connectivity index (χ4n) is 3.77. The third-order valence-electron chi connectivity index (χ3n) is 5.04. The van der Waals surface area contributed by atoms with Gasteiger partial charge < -0.3 is 9.64 Å². The van der Waals surface area contributed by atoms with Gasteiger partial charge in [-0.3, -0.25) is 4.79 Å². The molecular weight excluding hydrogens is 492 g/mol. The number of nitrogens with zero attached hydrogens (tertiary/aromatic N) is 6. The summed E-state index contributed by atoms with van der Waals surface area (Å²) < 4.78 is 8.48. The first-order valence-electron chi connectivity index (χ1n) is 10.4. The minimum Gasteiger partial charge on any atom is -0.372 e. The van der Waals surface area contributed by atoms with Gasteiger partial charge in [0.25, 0.3) is 5.91 Å². The van der Waals surface area contributed by atoms with Gasteiger partial charge in [-0.05, 0) is 58.0 Å². The molecule has 1 fully saturated rings. The molecule has 0 saturated carbocycles. The van der Waals surface area contributed by atoms with Gasteiger partial charge in [0.05, 0.1) is 23.6 Å². The molecule has 2 atom stereocenters. The molecule has 1 saturated heterocycles. The monoisotopic (exact) mass is 516 g/mol. The van der Waals surface area contributed by atoms with E-state index in [1.165, 1.54) is 11.8 Å². The summed E-state index contributed by atoms with van der Waals surface area (Å²) in [5.41, 5.74) is 3.72. The minimum atomic E-state index is -0.132. The quantitative estimate of drug-likeness (QED) is 0.374. The minimum absolute atomic E-state index is 0.0225. The van der Waals surface area contributed by atoms with E-state index >= 15 is 0 Å². The fraction of sp³-hybridized carbons (Fsp3) is 0.409. The molecule has 0 aliphatic carbocycles. The lowest BCUT2D eigenvalue weighted by Gasteiger charge is -2.35. The zero-order valence-electron chi connectivity index (χ0n) is 18.4. The van der Waals surface area contributed by atoms with Crippen LogP contribution >= 0.6 is 27.7 Å². The van der Waals surface area contributed by atoms with Crippen LogP contribution in [0.3, 0.4) is 0 Å². The van der Waals surface area contributed by atoms with Gasteiger partial charge in [0.1, 0.15) is 0 Å². The van der Waals surface area contributed by atoms with Crippen LogP contribution < -0.4 is 0 Å². The largest absolute Gasteiger partial charge is 0.372 e. The summed E-state index contributed by atoms with van der Waals surface area (Å²) in [6.07, 6.45) is -0.0450. The molecule has 0 radical (unpaired) electrons. The maximum atomic E-state index is 13.4. The number of hydrogen-bond donors (Lipinski definition) is 0. The first-order valence-corrected chi connectivity index (χ1v) is 12.2. The number of aryl methyl sites for hydroxylation is 2. The van der Waals surface area contributed by atoms with Crippen LogP contribution in [0.5, 0.6) is 0 Å². The Labute approximate surface area is 199 Å². The molecule has 168 valence electrons. The summed E-state index contributed by atoms with van der Waals surface area (Å²) >= 11 is 4.93. The number of hydrogen-bond acceptors (Lipinski definition) is 7. The Kier molecular flexibility index (Phi) is 6.92. The van der Waals surface area contributed by atoms with Gasteiger partial charge in [-0.25, -0.2) is 14.6 Å². The lowest BCUT2D eigenvalue weighted by atomic mass is 10.2. The SMILES string of the molecule is Cc1cc(C)nc(SCc2c(C(=O)N3CC(C)OC(C)C3)nnn2-c2ccc(Br)cc2)n1. The molecule has 3 heterocycles. The molecule has 10 heteroatoms. The standard InChI is InChI=1S/C22H25BrN6O2S/c1-13-9-14(2)25-22(24-13)32-12-19-20(21(30)28-10-15(3)31-16(4)11-28)26-27-29(19)18-7-5-17(23)6-8-18/h5-9,15-16H,10-12H2,1-4H3. The molecule has 3 aromatic rings. The Hall–Kier alpha value is -2.30. The van der Waals surface area contributed by atoms with Crippen LogP contribution in [0.1, 0.15) is 41.4 Å². The number of morpholine rings is 1. The Morgan fingerprint density at radius 3 is 2.38 bits per heavy atom. The van der Waals surface area contributed by atoms with Gasteiger partial charge in [-0.15, -0.1) is 5.10 Å². The molecule has 0 N–H and O–H groups in total. The first kappa shape index (κ1) is 22.9. The predicted molar refractivity (Wildman–Crippen MR) is 126 cm³/mol. The second-order valence-electron chi connectivity index (χ2n) is 7.96. The molecular formula is C22H25BrN6O2S. The summed E-state index contributed by atoms with van der Waals surface area (Å²) in [5.74, 6) is 0.329. The summed E-state index contributed by atoms with van der Waals surface area (Å²) in [5, 5.41) is 9.30. The van der Waals surface area contributed by atoms with E-state index in [1.54, 1.807) is 9.58 Å². The maximum Gasteiger partial charge on any atom is 0.276 e. The highest BCUT2D eigenvalue weighted by Gasteiger charge is 2.31. The van der Waals surface area contributed by atoms with Crippen molar-refractivity contribution in [2.45, 2.75) is 50.8 Å². The van der Waals surface area contributed by atoms with E-state index in [1.807, 2.05) is 58.0 Å². The van der Waals surface area contributed by atoms with E-state index in [0.29, 0.717) is 29.7 Å². The number of carbonyl (C=O) groups excluding carboxylic acids is 1. The Bertz CT molecular complexity index is 1090. The van der Waals surface area contributed by atoms with Crippen LogP contribution in [0.25, 0.3) is 5.69 Å². The highest BCUT2D eigenvalue weighted by Crippen LogP contribution is 2.26. The van der Waals surface area contributed by atoms with Crippen molar-refractivity contribution in [3.8, 4) is 5.69 Å². The number of rotatable bonds is 5. The zero-order chi connectivity index (χ0) is 22.8. The van der Waals surface area contributed by atoms with Crippen molar-refractivity contribution in [3.05, 3.63) is 57.6 Å². The van der Waals surface area contributed by atoms with Gasteiger partial charge in [0.15, 0.2) is 10.9 Å². The predicted octanol–water partition coefficient (Wildman–Crippen LogP) is 3.98. The Morgan fingerprint density at radius 1 is 1.12 bits per heavy atom. The molecule has 8 nitrogen and oxygen atoms in total. The molecule has 2 aromatic heterocycles. The van der Waals surface area contributed by atoms with Gasteiger partial charge in [-0.1, -0.05) is 32.9 Å². The van der Waals surface area contributed by atoms with Crippen LogP contribution in [0.4, 0.5) is 0 Å². The lowest BCUT2D eigenvalue weighted by Crippen LogP contribution is -2.48. The number of ether oxygens (including phenoxy) is 1. The van der Waals surface area contributed by atoms with Crippen LogP contribution in [0.2, 0.25) is 0 Å². The van der Waals surface area contributed by atoms with Gasteiger partial charge in [0, 0.05) is 34.7 Å². The van der Waals surface area contributed by atoms with Crippen LogP contribution in [-0.2, 0) is 10.5 Å². The molecule has 1 amide bonds. The second kappa shape index (κ2) is 9.68. The second-order valence-corrected chi connectivity index (χ2v) is 9.82. The fourth-order valence-corrected chi connectivity index (χ4v) is 4.98. The summed E-state index contributed by atoms with van der Waals surface area (Å²) in [4.78, 5) is 24.3. The van der Waals surface area contributed by atoms with E-state index < -0.39 is 0 Å². The Morgan fingerprint density at radius 2 is 1.75 bits per heavy atom. The van der Waals surface area contributed by atoms with Gasteiger partial charge in [0.2, 0.25) is 0 Å². The molecule has 2 unspecified atom stereocenters. The average Bonchev–Trinajstić information content (AvgIpc) is 3.14. The van der Waals surface area contributed by atoms with Crippen molar-refractivity contribution in [2.75, 3.05) is 13.1 Å². The van der Waals surface area contributed by atoms with E-state index in [0.717, 1.165) is 27.2 Å². The first-order chi connectivity index (χ1) is 15.3. The molecule has 1 aliphatic rings. The number of thioether (sulfide) groups is 1. The van der Waals surface area contributed by atoms with E-state index in [-0.39, 0.29) is 18.1 Å². The topological polar surface area (TPSA) is 86.0 Å². The molecule has 32 heavy (non-hydrogen) atoms. The van der Waals surface area contributed by atoms with Crippen molar-refractivity contribution in [1.29, 1.82) is 0 Å². The maximum absolute atomic E-state index is 13.4. The highest BCUT2D eigenvalue weighted by atomic mass is 79.9. The zero-order valence-corrected chi connectivity index (χ0v) is 20.9. The molecule has 4 rings (SSSR count). The van der Waals surface area contributed by atoms with Crippen molar-refractivity contribution in [1.82, 2.24) is 29.9 Å². The number of amides is 1. The van der Waals surface area contributed by atoms with Crippen molar-refractivity contribution >= 4 is 33.6 Å². The number of halogens is 1. The van der Waals surface area contributed by atoms with E-state index in [9.17, 15) is 4.79 Å².